The minimum atomic E-state index is -0.640. The molecule has 1 amide bonds. The van der Waals surface area contributed by atoms with Gasteiger partial charge in [-0.15, -0.1) is 6.58 Å². The minimum absolute atomic E-state index is 0.0325. The third kappa shape index (κ3) is 2.85. The second kappa shape index (κ2) is 6.86. The van der Waals surface area contributed by atoms with E-state index in [1.165, 1.54) is 21.7 Å². The van der Waals surface area contributed by atoms with Gasteiger partial charge >= 0.3 is 0 Å². The van der Waals surface area contributed by atoms with Crippen molar-refractivity contribution >= 4 is 23.2 Å². The number of ether oxygens (including phenoxy) is 2. The molecule has 0 N–H and O–H groups in total. The molecule has 0 unspecified atom stereocenters. The van der Waals surface area contributed by atoms with Gasteiger partial charge in [0.05, 0.1) is 37.6 Å². The van der Waals surface area contributed by atoms with Crippen molar-refractivity contribution in [1.82, 2.24) is 9.36 Å². The number of rotatable bonds is 3. The van der Waals surface area contributed by atoms with Gasteiger partial charge in [0.15, 0.2) is 6.61 Å². The van der Waals surface area contributed by atoms with Crippen molar-refractivity contribution in [3.05, 3.63) is 46.1 Å². The van der Waals surface area contributed by atoms with Crippen LogP contribution in [-0.4, -0.2) is 41.6 Å². The highest BCUT2D eigenvalue weighted by Crippen LogP contribution is 2.39. The van der Waals surface area contributed by atoms with E-state index in [1.807, 2.05) is 0 Å². The van der Waals surface area contributed by atoms with Crippen molar-refractivity contribution in [1.29, 1.82) is 0 Å². The molecule has 0 saturated heterocycles. The average Bonchev–Trinajstić information content (AvgIpc) is 2.83. The molecule has 27 heavy (non-hydrogen) atoms. The fourth-order valence-electron chi connectivity index (χ4n) is 3.38. The lowest BCUT2D eigenvalue weighted by Crippen LogP contribution is -2.38. The predicted molar refractivity (Wildman–Crippen MR) is 98.0 cm³/mol. The van der Waals surface area contributed by atoms with Gasteiger partial charge < -0.3 is 14.4 Å². The summed E-state index contributed by atoms with van der Waals surface area (Å²) in [4.78, 5) is 26.5. The topological polar surface area (TPSA) is 65.7 Å². The van der Waals surface area contributed by atoms with Crippen molar-refractivity contribution in [2.45, 2.75) is 13.1 Å². The van der Waals surface area contributed by atoms with Gasteiger partial charge in [0.2, 0.25) is 0 Å². The highest BCUT2D eigenvalue weighted by molar-refractivity contribution is 6.32. The fraction of sp³-hybridized carbons (Fsp3) is 0.333. The Hall–Kier alpha value is -2.58. The third-order valence-electron chi connectivity index (χ3n) is 4.64. The van der Waals surface area contributed by atoms with Crippen LogP contribution in [0.4, 0.5) is 10.1 Å². The summed E-state index contributed by atoms with van der Waals surface area (Å²) in [6.07, 6.45) is 1.57. The van der Waals surface area contributed by atoms with Gasteiger partial charge in [-0.1, -0.05) is 17.7 Å². The molecule has 0 saturated carbocycles. The van der Waals surface area contributed by atoms with Crippen molar-refractivity contribution in [3.8, 4) is 16.9 Å². The van der Waals surface area contributed by atoms with Gasteiger partial charge in [-0.3, -0.25) is 14.3 Å². The molecule has 2 aromatic rings. The van der Waals surface area contributed by atoms with Crippen molar-refractivity contribution < 1.29 is 18.7 Å². The van der Waals surface area contributed by atoms with Crippen LogP contribution in [0.5, 0.6) is 5.75 Å². The number of amides is 1. The molecule has 0 aliphatic carbocycles. The summed E-state index contributed by atoms with van der Waals surface area (Å²) in [6.45, 7) is 5.22. The van der Waals surface area contributed by atoms with Gasteiger partial charge in [-0.2, -0.15) is 0 Å². The zero-order valence-corrected chi connectivity index (χ0v) is 15.2. The first kappa shape index (κ1) is 17.8. The second-order valence-electron chi connectivity index (χ2n) is 6.21. The number of carbonyl (C=O) groups is 1. The molecule has 1 aromatic heterocycles. The maximum atomic E-state index is 14.8. The van der Waals surface area contributed by atoms with E-state index < -0.39 is 11.4 Å². The van der Waals surface area contributed by atoms with Gasteiger partial charge in [0.25, 0.3) is 11.5 Å². The molecule has 142 valence electrons. The highest BCUT2D eigenvalue weighted by atomic mass is 35.5. The monoisotopic (exact) mass is 393 g/mol. The molecule has 3 heterocycles. The molecule has 0 radical (unpaired) electrons. The van der Waals surface area contributed by atoms with Crippen molar-refractivity contribution in [3.63, 3.8) is 0 Å². The second-order valence-corrected chi connectivity index (χ2v) is 6.57. The lowest BCUT2D eigenvalue weighted by Gasteiger charge is -2.29. The van der Waals surface area contributed by atoms with E-state index in [0.29, 0.717) is 32.0 Å². The summed E-state index contributed by atoms with van der Waals surface area (Å²) in [5.41, 5.74) is 0.0796. The molecule has 1 aromatic carbocycles. The Kier molecular flexibility index (Phi) is 4.53. The van der Waals surface area contributed by atoms with E-state index in [1.54, 1.807) is 10.8 Å². The Labute approximate surface area is 159 Å². The van der Waals surface area contributed by atoms with Crippen LogP contribution < -0.4 is 15.2 Å². The van der Waals surface area contributed by atoms with Gasteiger partial charge in [-0.05, 0) is 6.07 Å². The number of aromatic nitrogens is 2. The first-order valence-electron chi connectivity index (χ1n) is 8.47. The summed E-state index contributed by atoms with van der Waals surface area (Å²) in [5.74, 6) is -0.672. The van der Waals surface area contributed by atoms with Crippen molar-refractivity contribution in [2.24, 2.45) is 0 Å². The number of hydrogen-bond donors (Lipinski definition) is 0. The molecule has 0 atom stereocenters. The Morgan fingerprint density at radius 1 is 1.22 bits per heavy atom. The Bertz CT molecular complexity index is 997. The van der Waals surface area contributed by atoms with E-state index in [-0.39, 0.29) is 41.1 Å². The van der Waals surface area contributed by atoms with Crippen LogP contribution in [-0.2, 0) is 22.6 Å². The maximum absolute atomic E-state index is 14.8. The summed E-state index contributed by atoms with van der Waals surface area (Å²) < 4.78 is 28.6. The molecule has 4 rings (SSSR count). The minimum Gasteiger partial charge on any atom is -0.481 e. The summed E-state index contributed by atoms with van der Waals surface area (Å²) in [5, 5.41) is 0.141. The quantitative estimate of drug-likeness (QED) is 0.749. The van der Waals surface area contributed by atoms with Crippen LogP contribution >= 0.6 is 11.6 Å². The molecular formula is C18H17ClFN3O4. The Balaban J connectivity index is 1.90. The molecule has 0 fully saturated rings. The van der Waals surface area contributed by atoms with E-state index in [0.717, 1.165) is 0 Å². The Morgan fingerprint density at radius 2 is 1.96 bits per heavy atom. The normalized spacial score (nSPS) is 16.4. The fourth-order valence-corrected chi connectivity index (χ4v) is 3.73. The lowest BCUT2D eigenvalue weighted by atomic mass is 10.1. The zero-order valence-electron chi connectivity index (χ0n) is 14.4. The zero-order chi connectivity index (χ0) is 19.1. The first-order valence-corrected chi connectivity index (χ1v) is 8.85. The molecule has 2 aliphatic rings. The standard InChI is InChI=1S/C18H17ClFN3O4/c1-2-3-21-13-8-11(12(20)9-14(13)27-10-15(21)24)16-17(19)22-4-6-26-7-5-23(22)18(16)25/h2,8-9H,1,3-7,10H2. The molecule has 0 spiro atoms. The van der Waals surface area contributed by atoms with Gasteiger partial charge in [-0.25, -0.2) is 9.07 Å². The number of carbonyl (C=O) groups excluding carboxylic acids is 1. The smallest absolute Gasteiger partial charge is 0.276 e. The molecule has 7 nitrogen and oxygen atoms in total. The summed E-state index contributed by atoms with van der Waals surface area (Å²) >= 11 is 6.43. The van der Waals surface area contributed by atoms with E-state index >= 15 is 0 Å². The van der Waals surface area contributed by atoms with Crippen molar-refractivity contribution in [2.75, 3.05) is 31.3 Å². The Morgan fingerprint density at radius 3 is 2.70 bits per heavy atom. The number of hydrogen-bond acceptors (Lipinski definition) is 4. The molecule has 9 heteroatoms. The van der Waals surface area contributed by atoms with E-state index in [4.69, 9.17) is 21.1 Å². The van der Waals surface area contributed by atoms with Crippen LogP contribution in [0.2, 0.25) is 5.15 Å². The number of fused-ring (bicyclic) bond motifs is 2. The first-order chi connectivity index (χ1) is 13.0. The predicted octanol–water partition coefficient (Wildman–Crippen LogP) is 2.05. The number of anilines is 1. The third-order valence-corrected chi connectivity index (χ3v) is 5.02. The van der Waals surface area contributed by atoms with Crippen LogP contribution in [0.3, 0.4) is 0 Å². The summed E-state index contributed by atoms with van der Waals surface area (Å²) in [6, 6.07) is 2.62. The SMILES string of the molecule is C=CCN1C(=O)COc2cc(F)c(-c3c(Cl)n4n(c3=O)CCOCC4)cc21. The lowest BCUT2D eigenvalue weighted by molar-refractivity contribution is -0.121. The highest BCUT2D eigenvalue weighted by Gasteiger charge is 2.29. The summed E-state index contributed by atoms with van der Waals surface area (Å²) in [7, 11) is 0. The van der Waals surface area contributed by atoms with Gasteiger partial charge in [0, 0.05) is 18.2 Å². The van der Waals surface area contributed by atoms with Crippen LogP contribution in [0, 0.1) is 5.82 Å². The number of nitrogens with zero attached hydrogens (tertiary/aromatic N) is 3. The van der Waals surface area contributed by atoms with Crippen LogP contribution in [0.1, 0.15) is 0 Å². The van der Waals surface area contributed by atoms with Crippen LogP contribution in [0.25, 0.3) is 11.1 Å². The van der Waals surface area contributed by atoms with E-state index in [9.17, 15) is 14.0 Å². The molecule has 0 bridgehead atoms. The van der Waals surface area contributed by atoms with E-state index in [2.05, 4.69) is 6.58 Å². The largest absolute Gasteiger partial charge is 0.481 e. The average molecular weight is 394 g/mol. The number of halogens is 2. The maximum Gasteiger partial charge on any atom is 0.276 e. The van der Waals surface area contributed by atoms with Crippen LogP contribution in [0.15, 0.2) is 29.6 Å². The van der Waals surface area contributed by atoms with Gasteiger partial charge in [0.1, 0.15) is 16.7 Å². The molecule has 2 aliphatic heterocycles. The number of benzene rings is 1. The molecular weight excluding hydrogens is 377 g/mol.